The van der Waals surface area contributed by atoms with Gasteiger partial charge in [0.2, 0.25) is 0 Å². The standard InChI is InChI=1S/C22H27ClN2O2/c1-2-27-21-13-7-5-11-18(21)22(26)24-16-20(25-14-8-3-9-15-25)17-10-4-6-12-19(17)23/h4-7,10-13,20H,2-3,8-9,14-16H2,1H3,(H,24,26)/t20-/m1/s1. The van der Waals surface area contributed by atoms with Gasteiger partial charge in [-0.15, -0.1) is 0 Å². The number of hydrogen-bond acceptors (Lipinski definition) is 3. The second kappa shape index (κ2) is 9.77. The lowest BCUT2D eigenvalue weighted by Crippen LogP contribution is -2.40. The van der Waals surface area contributed by atoms with E-state index < -0.39 is 0 Å². The molecule has 4 nitrogen and oxygen atoms in total. The molecule has 1 atom stereocenters. The lowest BCUT2D eigenvalue weighted by Gasteiger charge is -2.35. The van der Waals surface area contributed by atoms with Gasteiger partial charge in [0.05, 0.1) is 18.2 Å². The van der Waals surface area contributed by atoms with E-state index in [1.54, 1.807) is 6.07 Å². The molecule has 1 fully saturated rings. The van der Waals surface area contributed by atoms with Crippen LogP contribution in [0.4, 0.5) is 0 Å². The number of piperidine rings is 1. The first kappa shape index (κ1) is 19.7. The maximum Gasteiger partial charge on any atom is 0.255 e. The number of carbonyl (C=O) groups is 1. The number of carbonyl (C=O) groups excluding carboxylic acids is 1. The van der Waals surface area contributed by atoms with Crippen molar-refractivity contribution in [2.45, 2.75) is 32.2 Å². The first-order chi connectivity index (χ1) is 13.2. The first-order valence-electron chi connectivity index (χ1n) is 9.69. The van der Waals surface area contributed by atoms with Crippen molar-refractivity contribution in [2.24, 2.45) is 0 Å². The first-order valence-corrected chi connectivity index (χ1v) is 10.1. The number of benzene rings is 2. The fourth-order valence-corrected chi connectivity index (χ4v) is 3.89. The van der Waals surface area contributed by atoms with Gasteiger partial charge in [0.1, 0.15) is 5.75 Å². The van der Waals surface area contributed by atoms with Gasteiger partial charge in [0.15, 0.2) is 0 Å². The zero-order valence-electron chi connectivity index (χ0n) is 15.8. The maximum absolute atomic E-state index is 12.8. The van der Waals surface area contributed by atoms with Crippen LogP contribution in [-0.4, -0.2) is 37.0 Å². The van der Waals surface area contributed by atoms with Gasteiger partial charge in [-0.25, -0.2) is 0 Å². The number of ether oxygens (including phenoxy) is 1. The summed E-state index contributed by atoms with van der Waals surface area (Å²) in [5.74, 6) is 0.498. The smallest absolute Gasteiger partial charge is 0.255 e. The van der Waals surface area contributed by atoms with E-state index in [-0.39, 0.29) is 11.9 Å². The Bertz CT molecular complexity index is 759. The third-order valence-corrected chi connectivity index (χ3v) is 5.33. The zero-order valence-corrected chi connectivity index (χ0v) is 16.5. The van der Waals surface area contributed by atoms with Crippen molar-refractivity contribution in [3.8, 4) is 5.75 Å². The molecule has 1 aliphatic rings. The van der Waals surface area contributed by atoms with Gasteiger partial charge in [-0.1, -0.05) is 48.4 Å². The summed E-state index contributed by atoms with van der Waals surface area (Å²) < 4.78 is 5.59. The second-order valence-corrected chi connectivity index (χ2v) is 7.18. The highest BCUT2D eigenvalue weighted by Gasteiger charge is 2.25. The van der Waals surface area contributed by atoms with Crippen LogP contribution in [0.1, 0.15) is 48.1 Å². The Balaban J connectivity index is 1.77. The van der Waals surface area contributed by atoms with E-state index in [0.717, 1.165) is 23.7 Å². The van der Waals surface area contributed by atoms with E-state index in [1.807, 2.05) is 43.3 Å². The highest BCUT2D eigenvalue weighted by atomic mass is 35.5. The lowest BCUT2D eigenvalue weighted by molar-refractivity contribution is 0.0920. The Hall–Kier alpha value is -2.04. The third kappa shape index (κ3) is 5.02. The Morgan fingerprint density at radius 3 is 2.56 bits per heavy atom. The monoisotopic (exact) mass is 386 g/mol. The van der Waals surface area contributed by atoms with Crippen molar-refractivity contribution in [1.29, 1.82) is 0 Å². The lowest BCUT2D eigenvalue weighted by atomic mass is 10.0. The molecule has 1 N–H and O–H groups in total. The van der Waals surface area contributed by atoms with Gasteiger partial charge < -0.3 is 10.1 Å². The SMILES string of the molecule is CCOc1ccccc1C(=O)NC[C@H](c1ccccc1Cl)N1CCCCC1. The molecule has 1 aliphatic heterocycles. The predicted octanol–water partition coefficient (Wildman–Crippen LogP) is 4.70. The van der Waals surface area contributed by atoms with Gasteiger partial charge in [-0.3, -0.25) is 9.69 Å². The summed E-state index contributed by atoms with van der Waals surface area (Å²) in [6.45, 7) is 5.02. The van der Waals surface area contributed by atoms with E-state index in [9.17, 15) is 4.79 Å². The molecule has 1 saturated heterocycles. The highest BCUT2D eigenvalue weighted by Crippen LogP contribution is 2.29. The van der Waals surface area contributed by atoms with Crippen LogP contribution in [0.3, 0.4) is 0 Å². The molecule has 0 aromatic heterocycles. The summed E-state index contributed by atoms with van der Waals surface area (Å²) in [4.78, 5) is 15.2. The minimum absolute atomic E-state index is 0.0715. The van der Waals surface area contributed by atoms with E-state index in [4.69, 9.17) is 16.3 Å². The molecule has 0 radical (unpaired) electrons. The minimum atomic E-state index is -0.117. The van der Waals surface area contributed by atoms with Crippen molar-refractivity contribution >= 4 is 17.5 Å². The van der Waals surface area contributed by atoms with Crippen LogP contribution in [-0.2, 0) is 0 Å². The molecular weight excluding hydrogens is 360 g/mol. The van der Waals surface area contributed by atoms with E-state index >= 15 is 0 Å². The fraction of sp³-hybridized carbons (Fsp3) is 0.409. The summed E-state index contributed by atoms with van der Waals surface area (Å²) in [7, 11) is 0. The molecule has 144 valence electrons. The third-order valence-electron chi connectivity index (χ3n) is 4.98. The van der Waals surface area contributed by atoms with Crippen molar-refractivity contribution in [1.82, 2.24) is 10.2 Å². The fourth-order valence-electron chi connectivity index (χ4n) is 3.63. The summed E-state index contributed by atoms with van der Waals surface area (Å²) in [5, 5.41) is 3.85. The summed E-state index contributed by atoms with van der Waals surface area (Å²) in [6.07, 6.45) is 3.63. The van der Waals surface area contributed by atoms with Crippen LogP contribution >= 0.6 is 11.6 Å². The second-order valence-electron chi connectivity index (χ2n) is 6.77. The molecule has 2 aromatic rings. The Morgan fingerprint density at radius 2 is 1.81 bits per heavy atom. The molecule has 0 spiro atoms. The molecule has 1 amide bonds. The van der Waals surface area contributed by atoms with E-state index in [1.165, 1.54) is 19.3 Å². The molecule has 1 heterocycles. The van der Waals surface area contributed by atoms with Crippen LogP contribution in [0.2, 0.25) is 5.02 Å². The summed E-state index contributed by atoms with van der Waals surface area (Å²) in [5.41, 5.74) is 1.63. The van der Waals surface area contributed by atoms with Crippen LogP contribution in [0.5, 0.6) is 5.75 Å². The summed E-state index contributed by atoms with van der Waals surface area (Å²) >= 11 is 6.48. The van der Waals surface area contributed by atoms with Gasteiger partial charge in [-0.2, -0.15) is 0 Å². The molecule has 0 unspecified atom stereocenters. The molecule has 3 rings (SSSR count). The van der Waals surface area contributed by atoms with Crippen molar-refractivity contribution in [3.63, 3.8) is 0 Å². The van der Waals surface area contributed by atoms with Gasteiger partial charge in [0.25, 0.3) is 5.91 Å². The average Bonchev–Trinajstić information content (AvgIpc) is 2.71. The summed E-state index contributed by atoms with van der Waals surface area (Å²) in [6, 6.07) is 15.3. The quantitative estimate of drug-likeness (QED) is 0.750. The molecule has 27 heavy (non-hydrogen) atoms. The number of hydrogen-bond donors (Lipinski definition) is 1. The molecule has 0 bridgehead atoms. The Kier molecular flexibility index (Phi) is 7.13. The molecule has 2 aromatic carbocycles. The maximum atomic E-state index is 12.8. The van der Waals surface area contributed by atoms with Gasteiger partial charge in [0, 0.05) is 11.6 Å². The normalized spacial score (nSPS) is 15.9. The number of halogens is 1. The number of rotatable bonds is 7. The molecule has 5 heteroatoms. The van der Waals surface area contributed by atoms with Crippen molar-refractivity contribution < 1.29 is 9.53 Å². The van der Waals surface area contributed by atoms with Crippen LogP contribution < -0.4 is 10.1 Å². The zero-order chi connectivity index (χ0) is 19.1. The Labute approximate surface area is 166 Å². The van der Waals surface area contributed by atoms with Gasteiger partial charge >= 0.3 is 0 Å². The Morgan fingerprint density at radius 1 is 1.11 bits per heavy atom. The van der Waals surface area contributed by atoms with Crippen LogP contribution in [0, 0.1) is 0 Å². The molecule has 0 aliphatic carbocycles. The van der Waals surface area contributed by atoms with E-state index in [0.29, 0.717) is 24.5 Å². The van der Waals surface area contributed by atoms with Crippen LogP contribution in [0.15, 0.2) is 48.5 Å². The van der Waals surface area contributed by atoms with Gasteiger partial charge in [-0.05, 0) is 56.6 Å². The topological polar surface area (TPSA) is 41.6 Å². The highest BCUT2D eigenvalue weighted by molar-refractivity contribution is 6.31. The predicted molar refractivity (Wildman–Crippen MR) is 110 cm³/mol. The average molecular weight is 387 g/mol. The number of nitrogens with one attached hydrogen (secondary N) is 1. The largest absolute Gasteiger partial charge is 0.493 e. The minimum Gasteiger partial charge on any atom is -0.493 e. The van der Waals surface area contributed by atoms with Crippen molar-refractivity contribution in [3.05, 3.63) is 64.7 Å². The van der Waals surface area contributed by atoms with Crippen molar-refractivity contribution in [2.75, 3.05) is 26.2 Å². The molecule has 0 saturated carbocycles. The number of amides is 1. The number of nitrogens with zero attached hydrogens (tertiary/aromatic N) is 1. The molecular formula is C22H27ClN2O2. The van der Waals surface area contributed by atoms with E-state index in [2.05, 4.69) is 16.3 Å². The number of para-hydroxylation sites is 1. The van der Waals surface area contributed by atoms with Crippen LogP contribution in [0.25, 0.3) is 0 Å². The number of likely N-dealkylation sites (tertiary alicyclic amines) is 1.